The van der Waals surface area contributed by atoms with Crippen LogP contribution < -0.4 is 5.32 Å². The third-order valence-electron chi connectivity index (χ3n) is 5.18. The molecular formula is C24H20ClN5O2S. The van der Waals surface area contributed by atoms with E-state index < -0.39 is 0 Å². The van der Waals surface area contributed by atoms with E-state index in [-0.39, 0.29) is 11.7 Å². The topological polar surface area (TPSA) is 88.7 Å². The van der Waals surface area contributed by atoms with Crippen molar-refractivity contribution < 1.29 is 9.21 Å². The standard InChI is InChI=1S/C24H20ClN5O2S/c25-17-9-7-16(8-10-17)12-27-22(31)15-33-24-29-28-23(30(24)14-18-4-3-11-32-18)20-13-26-21-6-2-1-5-19(20)21/h1-11,13,26H,12,14-15H2,(H,27,31). The molecule has 5 aromatic rings. The number of furan rings is 1. The molecule has 9 heteroatoms. The summed E-state index contributed by atoms with van der Waals surface area (Å²) < 4.78 is 7.54. The molecule has 2 aromatic carbocycles. The number of aromatic amines is 1. The zero-order valence-electron chi connectivity index (χ0n) is 17.5. The number of nitrogens with zero attached hydrogens (tertiary/aromatic N) is 3. The molecule has 0 spiro atoms. The number of carbonyl (C=O) groups is 1. The first kappa shape index (κ1) is 21.4. The van der Waals surface area contributed by atoms with Crippen LogP contribution in [0.3, 0.4) is 0 Å². The van der Waals surface area contributed by atoms with Crippen molar-refractivity contribution >= 4 is 40.2 Å². The largest absolute Gasteiger partial charge is 0.467 e. The zero-order chi connectivity index (χ0) is 22.6. The lowest BCUT2D eigenvalue weighted by Crippen LogP contribution is -2.24. The maximum Gasteiger partial charge on any atom is 0.230 e. The van der Waals surface area contributed by atoms with Crippen LogP contribution in [0, 0.1) is 0 Å². The highest BCUT2D eigenvalue weighted by molar-refractivity contribution is 7.99. The normalized spacial score (nSPS) is 11.2. The van der Waals surface area contributed by atoms with E-state index in [9.17, 15) is 4.79 Å². The fourth-order valence-corrected chi connectivity index (χ4v) is 4.43. The molecule has 0 aliphatic carbocycles. The van der Waals surface area contributed by atoms with Gasteiger partial charge in [-0.05, 0) is 35.9 Å². The molecule has 0 saturated carbocycles. The van der Waals surface area contributed by atoms with Crippen LogP contribution in [0.5, 0.6) is 0 Å². The second kappa shape index (κ2) is 9.56. The molecule has 0 fully saturated rings. The molecule has 33 heavy (non-hydrogen) atoms. The summed E-state index contributed by atoms with van der Waals surface area (Å²) in [6, 6.07) is 19.2. The number of hydrogen-bond donors (Lipinski definition) is 2. The second-order valence-electron chi connectivity index (χ2n) is 7.41. The van der Waals surface area contributed by atoms with Crippen LogP contribution in [-0.2, 0) is 17.9 Å². The number of thioether (sulfide) groups is 1. The van der Waals surface area contributed by atoms with Crippen LogP contribution in [0.15, 0.2) is 82.7 Å². The van der Waals surface area contributed by atoms with Crippen molar-refractivity contribution in [2.24, 2.45) is 0 Å². The first-order chi connectivity index (χ1) is 16.2. The number of hydrogen-bond acceptors (Lipinski definition) is 5. The van der Waals surface area contributed by atoms with Crippen LogP contribution >= 0.6 is 23.4 Å². The SMILES string of the molecule is O=C(CSc1nnc(-c2c[nH]c3ccccc23)n1Cc1ccco1)NCc1ccc(Cl)cc1. The van der Waals surface area contributed by atoms with E-state index in [1.165, 1.54) is 11.8 Å². The summed E-state index contributed by atoms with van der Waals surface area (Å²) in [5.74, 6) is 1.63. The summed E-state index contributed by atoms with van der Waals surface area (Å²) in [7, 11) is 0. The lowest BCUT2D eigenvalue weighted by molar-refractivity contribution is -0.118. The number of aromatic nitrogens is 4. The number of rotatable bonds is 8. The van der Waals surface area contributed by atoms with E-state index in [4.69, 9.17) is 16.0 Å². The molecule has 1 amide bonds. The molecule has 2 N–H and O–H groups in total. The average Bonchev–Trinajstić information content (AvgIpc) is 3.58. The Morgan fingerprint density at radius 2 is 1.94 bits per heavy atom. The Bertz CT molecular complexity index is 1380. The van der Waals surface area contributed by atoms with E-state index in [1.807, 2.05) is 59.3 Å². The summed E-state index contributed by atoms with van der Waals surface area (Å²) in [5.41, 5.74) is 2.96. The average molecular weight is 478 g/mol. The smallest absolute Gasteiger partial charge is 0.230 e. The summed E-state index contributed by atoms with van der Waals surface area (Å²) in [6.07, 6.45) is 3.57. The van der Waals surface area contributed by atoms with E-state index >= 15 is 0 Å². The Labute approximate surface area is 199 Å². The first-order valence-electron chi connectivity index (χ1n) is 10.3. The van der Waals surface area contributed by atoms with E-state index in [1.54, 1.807) is 18.4 Å². The van der Waals surface area contributed by atoms with E-state index in [0.29, 0.717) is 29.1 Å². The molecule has 3 aromatic heterocycles. The van der Waals surface area contributed by atoms with Gasteiger partial charge in [-0.3, -0.25) is 9.36 Å². The summed E-state index contributed by atoms with van der Waals surface area (Å²) in [6.45, 7) is 0.903. The number of fused-ring (bicyclic) bond motifs is 1. The lowest BCUT2D eigenvalue weighted by atomic mass is 10.1. The Hall–Kier alpha value is -3.49. The molecule has 0 aliphatic rings. The first-order valence-corrected chi connectivity index (χ1v) is 11.7. The van der Waals surface area contributed by atoms with Crippen LogP contribution in [0.1, 0.15) is 11.3 Å². The van der Waals surface area contributed by atoms with Gasteiger partial charge in [0.25, 0.3) is 0 Å². The van der Waals surface area contributed by atoms with Crippen molar-refractivity contribution in [2.45, 2.75) is 18.2 Å². The number of amides is 1. The highest BCUT2D eigenvalue weighted by Crippen LogP contribution is 2.30. The summed E-state index contributed by atoms with van der Waals surface area (Å²) >= 11 is 7.26. The van der Waals surface area contributed by atoms with Gasteiger partial charge in [0.1, 0.15) is 5.76 Å². The molecular weight excluding hydrogens is 458 g/mol. The van der Waals surface area contributed by atoms with Gasteiger partial charge in [-0.2, -0.15) is 0 Å². The Morgan fingerprint density at radius 1 is 1.09 bits per heavy atom. The predicted molar refractivity (Wildman–Crippen MR) is 129 cm³/mol. The molecule has 0 saturated heterocycles. The van der Waals surface area contributed by atoms with Crippen molar-refractivity contribution in [2.75, 3.05) is 5.75 Å². The zero-order valence-corrected chi connectivity index (χ0v) is 19.1. The van der Waals surface area contributed by atoms with Crippen molar-refractivity contribution in [3.05, 3.63) is 89.5 Å². The van der Waals surface area contributed by atoms with Gasteiger partial charge in [-0.25, -0.2) is 0 Å². The summed E-state index contributed by atoms with van der Waals surface area (Å²) in [5, 5.41) is 14.1. The van der Waals surface area contributed by atoms with Gasteiger partial charge in [-0.15, -0.1) is 10.2 Å². The monoisotopic (exact) mass is 477 g/mol. The summed E-state index contributed by atoms with van der Waals surface area (Å²) in [4.78, 5) is 15.7. The van der Waals surface area contributed by atoms with Gasteiger partial charge in [-0.1, -0.05) is 53.7 Å². The molecule has 0 unspecified atom stereocenters. The number of benzene rings is 2. The van der Waals surface area contributed by atoms with Gasteiger partial charge in [0.2, 0.25) is 5.91 Å². The minimum absolute atomic E-state index is 0.0869. The van der Waals surface area contributed by atoms with Crippen LogP contribution in [0.2, 0.25) is 5.02 Å². The van der Waals surface area contributed by atoms with Gasteiger partial charge in [0.05, 0.1) is 18.6 Å². The van der Waals surface area contributed by atoms with Gasteiger partial charge in [0, 0.05) is 34.2 Å². The van der Waals surface area contributed by atoms with Crippen LogP contribution in [0.25, 0.3) is 22.3 Å². The quantitative estimate of drug-likeness (QED) is 0.302. The minimum atomic E-state index is -0.0869. The molecule has 166 valence electrons. The van der Waals surface area contributed by atoms with Crippen LogP contribution in [0.4, 0.5) is 0 Å². The number of carbonyl (C=O) groups excluding carboxylic acids is 1. The Balaban J connectivity index is 1.34. The highest BCUT2D eigenvalue weighted by atomic mass is 35.5. The number of nitrogens with one attached hydrogen (secondary N) is 2. The fourth-order valence-electron chi connectivity index (χ4n) is 3.54. The third-order valence-corrected chi connectivity index (χ3v) is 6.40. The number of halogens is 1. The Morgan fingerprint density at radius 3 is 2.76 bits per heavy atom. The Kier molecular flexibility index (Phi) is 6.19. The van der Waals surface area contributed by atoms with E-state index in [0.717, 1.165) is 27.8 Å². The number of para-hydroxylation sites is 1. The van der Waals surface area contributed by atoms with E-state index in [2.05, 4.69) is 20.5 Å². The molecule has 0 bridgehead atoms. The van der Waals surface area contributed by atoms with Crippen molar-refractivity contribution in [1.82, 2.24) is 25.1 Å². The molecule has 0 atom stereocenters. The predicted octanol–water partition coefficient (Wildman–Crippen LogP) is 5.13. The number of H-pyrrole nitrogens is 1. The highest BCUT2D eigenvalue weighted by Gasteiger charge is 2.19. The van der Waals surface area contributed by atoms with Gasteiger partial charge >= 0.3 is 0 Å². The lowest BCUT2D eigenvalue weighted by Gasteiger charge is -2.09. The third kappa shape index (κ3) is 4.81. The molecule has 3 heterocycles. The maximum absolute atomic E-state index is 12.5. The maximum atomic E-state index is 12.5. The van der Waals surface area contributed by atoms with Gasteiger partial charge < -0.3 is 14.7 Å². The molecule has 0 aliphatic heterocycles. The van der Waals surface area contributed by atoms with Crippen molar-refractivity contribution in [3.63, 3.8) is 0 Å². The molecule has 5 rings (SSSR count). The van der Waals surface area contributed by atoms with Crippen molar-refractivity contribution in [1.29, 1.82) is 0 Å². The van der Waals surface area contributed by atoms with Crippen LogP contribution in [-0.4, -0.2) is 31.4 Å². The molecule has 0 radical (unpaired) electrons. The van der Waals surface area contributed by atoms with Gasteiger partial charge in [0.15, 0.2) is 11.0 Å². The molecule has 7 nitrogen and oxygen atoms in total. The fraction of sp³-hybridized carbons (Fsp3) is 0.125. The van der Waals surface area contributed by atoms with Crippen molar-refractivity contribution in [3.8, 4) is 11.4 Å². The minimum Gasteiger partial charge on any atom is -0.467 e. The second-order valence-corrected chi connectivity index (χ2v) is 8.79.